The molecule has 2 nitrogen and oxygen atoms in total. The third-order valence-corrected chi connectivity index (χ3v) is 7.31. The number of hydrogen-bond donors (Lipinski definition) is 0. The first-order chi connectivity index (χ1) is 11.7. The van der Waals surface area contributed by atoms with Crippen LogP contribution in [0.5, 0.6) is 5.75 Å². The summed E-state index contributed by atoms with van der Waals surface area (Å²) in [4.78, 5) is 2.73. The molecule has 0 amide bonds. The average Bonchev–Trinajstić information content (AvgIpc) is 3.21. The van der Waals surface area contributed by atoms with E-state index >= 15 is 0 Å². The molecule has 2 fully saturated rings. The van der Waals surface area contributed by atoms with Crippen molar-refractivity contribution in [3.8, 4) is 5.75 Å². The molecule has 1 spiro atoms. The molecule has 1 saturated heterocycles. The molecule has 4 aliphatic rings. The first-order valence-corrected chi connectivity index (χ1v) is 9.93. The van der Waals surface area contributed by atoms with E-state index in [2.05, 4.69) is 29.2 Å². The van der Waals surface area contributed by atoms with Gasteiger partial charge in [-0.1, -0.05) is 23.8 Å². The number of hydrogen-bond acceptors (Lipinski definition) is 2. The van der Waals surface area contributed by atoms with Crippen molar-refractivity contribution < 1.29 is 4.74 Å². The van der Waals surface area contributed by atoms with Gasteiger partial charge in [0.1, 0.15) is 5.75 Å². The smallest absolute Gasteiger partial charge is 0.123 e. The summed E-state index contributed by atoms with van der Waals surface area (Å²) in [6, 6.07) is 6.18. The van der Waals surface area contributed by atoms with Crippen LogP contribution in [-0.4, -0.2) is 31.1 Å². The summed E-state index contributed by atoms with van der Waals surface area (Å²) in [6.45, 7) is 4.61. The largest absolute Gasteiger partial charge is 0.493 e. The minimum atomic E-state index is 0.295. The number of ether oxygens (including phenoxy) is 1. The maximum absolute atomic E-state index is 6.28. The molecule has 2 heterocycles. The zero-order valence-electron chi connectivity index (χ0n) is 14.2. The Hall–Kier alpha value is -0.990. The fourth-order valence-corrected chi connectivity index (χ4v) is 5.82. The Kier molecular flexibility index (Phi) is 3.68. The molecule has 1 saturated carbocycles. The Labute approximate surface area is 149 Å². The molecule has 128 valence electrons. The van der Waals surface area contributed by atoms with Crippen molar-refractivity contribution in [2.75, 3.05) is 26.2 Å². The fraction of sp³-hybridized carbons (Fsp3) is 0.619. The zero-order valence-corrected chi connectivity index (χ0v) is 15.0. The Morgan fingerprint density at radius 3 is 2.75 bits per heavy atom. The van der Waals surface area contributed by atoms with E-state index in [1.165, 1.54) is 50.9 Å². The molecule has 0 N–H and O–H groups in total. The van der Waals surface area contributed by atoms with Crippen LogP contribution in [0, 0.1) is 17.8 Å². The van der Waals surface area contributed by atoms with Crippen molar-refractivity contribution in [1.82, 2.24) is 4.90 Å². The van der Waals surface area contributed by atoms with Crippen LogP contribution in [0.1, 0.15) is 37.7 Å². The molecule has 24 heavy (non-hydrogen) atoms. The molecular weight excluding hydrogens is 318 g/mol. The molecule has 1 aromatic carbocycles. The van der Waals surface area contributed by atoms with E-state index in [4.69, 9.17) is 16.3 Å². The topological polar surface area (TPSA) is 12.5 Å². The zero-order chi connectivity index (χ0) is 16.1. The second-order valence-electron chi connectivity index (χ2n) is 8.36. The molecule has 2 unspecified atom stereocenters. The monoisotopic (exact) mass is 343 g/mol. The van der Waals surface area contributed by atoms with Gasteiger partial charge in [0.2, 0.25) is 0 Å². The molecule has 2 bridgehead atoms. The van der Waals surface area contributed by atoms with Gasteiger partial charge in [0.05, 0.1) is 6.61 Å². The van der Waals surface area contributed by atoms with Crippen LogP contribution in [0.4, 0.5) is 0 Å². The Bertz CT molecular complexity index is 662. The van der Waals surface area contributed by atoms with E-state index in [0.717, 1.165) is 41.6 Å². The second kappa shape index (κ2) is 5.78. The van der Waals surface area contributed by atoms with Crippen LogP contribution in [0.2, 0.25) is 5.02 Å². The molecular formula is C21H26ClNO. The number of fused-ring (bicyclic) bond motifs is 4. The molecule has 2 aliphatic carbocycles. The number of rotatable bonds is 2. The number of nitrogens with zero attached hydrogens (tertiary/aromatic N) is 1. The Morgan fingerprint density at radius 2 is 2.00 bits per heavy atom. The summed E-state index contributed by atoms with van der Waals surface area (Å²) >= 11 is 6.28. The van der Waals surface area contributed by atoms with Gasteiger partial charge >= 0.3 is 0 Å². The van der Waals surface area contributed by atoms with Crippen LogP contribution in [0.25, 0.3) is 0 Å². The van der Waals surface area contributed by atoms with Gasteiger partial charge in [-0.3, -0.25) is 0 Å². The fourth-order valence-electron chi connectivity index (χ4n) is 5.65. The third kappa shape index (κ3) is 2.50. The van der Waals surface area contributed by atoms with Crippen molar-refractivity contribution in [2.24, 2.45) is 17.8 Å². The van der Waals surface area contributed by atoms with Gasteiger partial charge in [-0.25, -0.2) is 0 Å². The number of halogens is 1. The highest BCUT2D eigenvalue weighted by molar-refractivity contribution is 6.30. The van der Waals surface area contributed by atoms with Gasteiger partial charge in [0.25, 0.3) is 0 Å². The summed E-state index contributed by atoms with van der Waals surface area (Å²) in [7, 11) is 0. The molecule has 1 aromatic rings. The van der Waals surface area contributed by atoms with Crippen molar-refractivity contribution >= 4 is 11.6 Å². The molecule has 0 radical (unpaired) electrons. The standard InChI is InChI=1S/C21H26ClNO/c22-18-3-4-20-19(13-18)21(7-10-24-20)5-8-23(9-6-21)14-17-12-15-1-2-16(17)11-15/h1-4,13,15-17H,5-12,14H2/t15?,16?,17-/m0/s1. The predicted molar refractivity (Wildman–Crippen MR) is 97.8 cm³/mol. The Morgan fingerprint density at radius 1 is 1.12 bits per heavy atom. The lowest BCUT2D eigenvalue weighted by Crippen LogP contribution is -2.46. The van der Waals surface area contributed by atoms with Crippen molar-refractivity contribution in [1.29, 1.82) is 0 Å². The number of likely N-dealkylation sites (tertiary alicyclic amines) is 1. The van der Waals surface area contributed by atoms with E-state index in [1.807, 2.05) is 6.07 Å². The van der Waals surface area contributed by atoms with Gasteiger partial charge in [-0.15, -0.1) is 0 Å². The van der Waals surface area contributed by atoms with E-state index in [1.54, 1.807) is 0 Å². The minimum Gasteiger partial charge on any atom is -0.493 e. The summed E-state index contributed by atoms with van der Waals surface area (Å²) in [5, 5.41) is 0.842. The predicted octanol–water partition coefficient (Wildman–Crippen LogP) is 4.67. The quantitative estimate of drug-likeness (QED) is 0.724. The van der Waals surface area contributed by atoms with Crippen molar-refractivity contribution in [2.45, 2.75) is 37.5 Å². The van der Waals surface area contributed by atoms with E-state index in [9.17, 15) is 0 Å². The molecule has 2 aliphatic heterocycles. The van der Waals surface area contributed by atoms with E-state index in [-0.39, 0.29) is 0 Å². The van der Waals surface area contributed by atoms with Crippen LogP contribution >= 0.6 is 11.6 Å². The maximum atomic E-state index is 6.28. The lowest BCUT2D eigenvalue weighted by Gasteiger charge is -2.45. The molecule has 0 aromatic heterocycles. The van der Waals surface area contributed by atoms with Gasteiger partial charge in [-0.05, 0) is 81.1 Å². The van der Waals surface area contributed by atoms with E-state index in [0.29, 0.717) is 5.41 Å². The number of piperidine rings is 1. The van der Waals surface area contributed by atoms with Crippen LogP contribution in [0.15, 0.2) is 30.4 Å². The highest BCUT2D eigenvalue weighted by Crippen LogP contribution is 2.48. The Balaban J connectivity index is 1.29. The lowest BCUT2D eigenvalue weighted by molar-refractivity contribution is 0.102. The average molecular weight is 344 g/mol. The van der Waals surface area contributed by atoms with Gasteiger partial charge in [0.15, 0.2) is 0 Å². The van der Waals surface area contributed by atoms with Gasteiger partial charge in [-0.2, -0.15) is 0 Å². The summed E-state index contributed by atoms with van der Waals surface area (Å²) in [6.07, 6.45) is 11.4. The van der Waals surface area contributed by atoms with Crippen LogP contribution in [0.3, 0.4) is 0 Å². The summed E-state index contributed by atoms with van der Waals surface area (Å²) in [5.41, 5.74) is 1.66. The van der Waals surface area contributed by atoms with Gasteiger partial charge in [0, 0.05) is 22.5 Å². The van der Waals surface area contributed by atoms with Crippen LogP contribution in [-0.2, 0) is 5.41 Å². The summed E-state index contributed by atoms with van der Waals surface area (Å²) < 4.78 is 5.89. The third-order valence-electron chi connectivity index (χ3n) is 7.07. The van der Waals surface area contributed by atoms with E-state index < -0.39 is 0 Å². The number of allylic oxidation sites excluding steroid dienone is 2. The lowest BCUT2D eigenvalue weighted by atomic mass is 9.69. The number of benzene rings is 1. The minimum absolute atomic E-state index is 0.295. The molecule has 5 rings (SSSR count). The first-order valence-electron chi connectivity index (χ1n) is 9.55. The van der Waals surface area contributed by atoms with Crippen LogP contribution < -0.4 is 4.74 Å². The normalized spacial score (nSPS) is 33.6. The van der Waals surface area contributed by atoms with Gasteiger partial charge < -0.3 is 9.64 Å². The summed E-state index contributed by atoms with van der Waals surface area (Å²) in [5.74, 6) is 3.73. The SMILES string of the molecule is Clc1ccc2c(c1)C1(CCO2)CCN(C[C@@H]2CC3C=CC2C3)CC1. The first kappa shape index (κ1) is 15.3. The molecule has 3 atom stereocenters. The van der Waals surface area contributed by atoms with Crippen molar-refractivity contribution in [3.05, 3.63) is 40.9 Å². The molecule has 3 heteroatoms. The highest BCUT2D eigenvalue weighted by atomic mass is 35.5. The highest BCUT2D eigenvalue weighted by Gasteiger charge is 2.42. The van der Waals surface area contributed by atoms with Crippen molar-refractivity contribution in [3.63, 3.8) is 0 Å². The maximum Gasteiger partial charge on any atom is 0.123 e. The second-order valence-corrected chi connectivity index (χ2v) is 8.80.